The smallest absolute Gasteiger partial charge is 0.259 e. The number of H-pyrrole nitrogens is 1. The van der Waals surface area contributed by atoms with Crippen molar-refractivity contribution in [3.05, 3.63) is 56.7 Å². The van der Waals surface area contributed by atoms with Gasteiger partial charge < -0.3 is 15.2 Å². The van der Waals surface area contributed by atoms with Crippen LogP contribution in [0.15, 0.2) is 29.3 Å². The second kappa shape index (κ2) is 9.60. The molecule has 4 heterocycles. The number of amides is 2. The van der Waals surface area contributed by atoms with Gasteiger partial charge in [-0.3, -0.25) is 19.4 Å². The molecule has 8 nitrogen and oxygen atoms in total. The average molecular weight is 454 g/mol. The molecule has 2 amide bonds. The molecule has 32 heavy (non-hydrogen) atoms. The van der Waals surface area contributed by atoms with Crippen LogP contribution in [0.1, 0.15) is 41.1 Å². The maximum atomic E-state index is 12.7. The summed E-state index contributed by atoms with van der Waals surface area (Å²) in [6, 6.07) is 3.77. The summed E-state index contributed by atoms with van der Waals surface area (Å²) in [7, 11) is 0. The molecule has 0 aromatic carbocycles. The van der Waals surface area contributed by atoms with Gasteiger partial charge in [-0.05, 0) is 43.9 Å². The van der Waals surface area contributed by atoms with Gasteiger partial charge >= 0.3 is 0 Å². The summed E-state index contributed by atoms with van der Waals surface area (Å²) in [4.78, 5) is 52.6. The number of rotatable bonds is 6. The number of aromatic amines is 1. The molecule has 1 aliphatic rings. The summed E-state index contributed by atoms with van der Waals surface area (Å²) in [5.41, 5.74) is 1.79. The van der Waals surface area contributed by atoms with Crippen LogP contribution in [0.5, 0.6) is 0 Å². The maximum Gasteiger partial charge on any atom is 0.259 e. The molecule has 1 aliphatic heterocycles. The highest BCUT2D eigenvalue weighted by molar-refractivity contribution is 7.18. The predicted molar refractivity (Wildman–Crippen MR) is 123 cm³/mol. The Bertz CT molecular complexity index is 1180. The Morgan fingerprint density at radius 1 is 1.28 bits per heavy atom. The van der Waals surface area contributed by atoms with Crippen molar-refractivity contribution in [3.63, 3.8) is 0 Å². The Morgan fingerprint density at radius 3 is 2.78 bits per heavy atom. The normalized spacial score (nSPS) is 14.6. The summed E-state index contributed by atoms with van der Waals surface area (Å²) in [5, 5.41) is 3.61. The fourth-order valence-corrected chi connectivity index (χ4v) is 5.08. The second-order valence-electron chi connectivity index (χ2n) is 8.21. The van der Waals surface area contributed by atoms with Crippen LogP contribution in [0.4, 0.5) is 0 Å². The first-order valence-corrected chi connectivity index (χ1v) is 11.7. The molecule has 3 aromatic rings. The van der Waals surface area contributed by atoms with Crippen molar-refractivity contribution in [1.82, 2.24) is 25.2 Å². The molecule has 3 aromatic heterocycles. The van der Waals surface area contributed by atoms with Gasteiger partial charge in [-0.15, -0.1) is 11.3 Å². The molecule has 1 fully saturated rings. The number of pyridine rings is 1. The molecule has 0 bridgehead atoms. The van der Waals surface area contributed by atoms with Crippen molar-refractivity contribution in [3.8, 4) is 0 Å². The zero-order valence-corrected chi connectivity index (χ0v) is 19.1. The molecule has 1 saturated heterocycles. The van der Waals surface area contributed by atoms with Crippen LogP contribution in [-0.2, 0) is 22.6 Å². The predicted octanol–water partition coefficient (Wildman–Crippen LogP) is 2.48. The number of likely N-dealkylation sites (tertiary alicyclic amines) is 1. The molecule has 0 saturated carbocycles. The van der Waals surface area contributed by atoms with Crippen molar-refractivity contribution in [2.45, 2.75) is 46.1 Å². The van der Waals surface area contributed by atoms with Crippen LogP contribution >= 0.6 is 11.3 Å². The van der Waals surface area contributed by atoms with Gasteiger partial charge in [0.1, 0.15) is 10.7 Å². The topological polar surface area (TPSA) is 108 Å². The third-order valence-electron chi connectivity index (χ3n) is 6.07. The number of hydrogen-bond acceptors (Lipinski definition) is 6. The zero-order chi connectivity index (χ0) is 22.7. The Morgan fingerprint density at radius 2 is 2.06 bits per heavy atom. The average Bonchev–Trinajstić information content (AvgIpc) is 3.10. The Labute approximate surface area is 190 Å². The van der Waals surface area contributed by atoms with E-state index in [1.165, 1.54) is 11.3 Å². The Hall–Kier alpha value is -3.07. The lowest BCUT2D eigenvalue weighted by molar-refractivity contribution is -0.135. The summed E-state index contributed by atoms with van der Waals surface area (Å²) < 4.78 is 0. The van der Waals surface area contributed by atoms with E-state index in [0.717, 1.165) is 20.8 Å². The number of aromatic nitrogens is 3. The van der Waals surface area contributed by atoms with Crippen LogP contribution < -0.4 is 10.9 Å². The molecular formula is C23H27N5O3S. The molecule has 0 unspecified atom stereocenters. The molecular weight excluding hydrogens is 426 g/mol. The first-order valence-electron chi connectivity index (χ1n) is 10.9. The fraction of sp³-hybridized carbons (Fsp3) is 0.435. The number of carbonyl (C=O) groups is 2. The number of fused-ring (bicyclic) bond motifs is 1. The van der Waals surface area contributed by atoms with E-state index in [1.54, 1.807) is 17.3 Å². The highest BCUT2D eigenvalue weighted by atomic mass is 32.1. The first kappa shape index (κ1) is 22.1. The zero-order valence-electron chi connectivity index (χ0n) is 18.3. The highest BCUT2D eigenvalue weighted by Gasteiger charge is 2.27. The molecule has 0 aliphatic carbocycles. The third-order valence-corrected chi connectivity index (χ3v) is 7.17. The number of carbonyl (C=O) groups excluding carboxylic acids is 2. The summed E-state index contributed by atoms with van der Waals surface area (Å²) >= 11 is 1.51. The van der Waals surface area contributed by atoms with Crippen molar-refractivity contribution in [1.29, 1.82) is 0 Å². The van der Waals surface area contributed by atoms with Gasteiger partial charge in [0, 0.05) is 55.7 Å². The van der Waals surface area contributed by atoms with E-state index >= 15 is 0 Å². The van der Waals surface area contributed by atoms with Gasteiger partial charge in [-0.2, -0.15) is 0 Å². The number of piperidine rings is 1. The van der Waals surface area contributed by atoms with Gasteiger partial charge in [0.05, 0.1) is 5.39 Å². The van der Waals surface area contributed by atoms with Crippen LogP contribution in [0, 0.1) is 19.8 Å². The van der Waals surface area contributed by atoms with Crippen LogP contribution in [-0.4, -0.2) is 44.8 Å². The number of hydrogen-bond donors (Lipinski definition) is 2. The van der Waals surface area contributed by atoms with Crippen LogP contribution in [0.25, 0.3) is 10.2 Å². The molecule has 0 radical (unpaired) electrons. The lowest BCUT2D eigenvalue weighted by Gasteiger charge is -2.31. The van der Waals surface area contributed by atoms with Gasteiger partial charge in [-0.25, -0.2) is 4.98 Å². The lowest BCUT2D eigenvalue weighted by atomic mass is 9.95. The van der Waals surface area contributed by atoms with Crippen LogP contribution in [0.3, 0.4) is 0 Å². The van der Waals surface area contributed by atoms with E-state index in [1.807, 2.05) is 26.0 Å². The van der Waals surface area contributed by atoms with Gasteiger partial charge in [0.25, 0.3) is 5.56 Å². The van der Waals surface area contributed by atoms with Crippen molar-refractivity contribution in [2.75, 3.05) is 13.1 Å². The Kier molecular flexibility index (Phi) is 6.64. The number of thiophene rings is 1. The van der Waals surface area contributed by atoms with Crippen molar-refractivity contribution >= 4 is 33.4 Å². The van der Waals surface area contributed by atoms with E-state index in [2.05, 4.69) is 20.3 Å². The minimum Gasteiger partial charge on any atom is -0.352 e. The molecule has 2 N–H and O–H groups in total. The minimum atomic E-state index is -0.141. The SMILES string of the molecule is Cc1sc2nc(CCC(=O)N3CCC(C(=O)NCc4cccnc4)CC3)[nH]c(=O)c2c1C. The molecule has 0 spiro atoms. The van der Waals surface area contributed by atoms with Gasteiger partial charge in [0.15, 0.2) is 0 Å². The summed E-state index contributed by atoms with van der Waals surface area (Å²) in [6.07, 6.45) is 5.43. The molecule has 0 atom stereocenters. The fourth-order valence-electron chi connectivity index (χ4n) is 4.03. The third kappa shape index (κ3) is 4.88. The van der Waals surface area contributed by atoms with Crippen molar-refractivity contribution < 1.29 is 9.59 Å². The minimum absolute atomic E-state index is 0.0255. The Balaban J connectivity index is 1.26. The molecule has 4 rings (SSSR count). The quantitative estimate of drug-likeness (QED) is 0.596. The van der Waals surface area contributed by atoms with Crippen LogP contribution in [0.2, 0.25) is 0 Å². The number of nitrogens with zero attached hydrogens (tertiary/aromatic N) is 3. The second-order valence-corrected chi connectivity index (χ2v) is 9.41. The maximum absolute atomic E-state index is 12.7. The summed E-state index contributed by atoms with van der Waals surface area (Å²) in [5.74, 6) is 0.515. The van der Waals surface area contributed by atoms with Gasteiger partial charge in [0.2, 0.25) is 11.8 Å². The van der Waals surface area contributed by atoms with Gasteiger partial charge in [-0.1, -0.05) is 6.07 Å². The van der Waals surface area contributed by atoms with E-state index < -0.39 is 0 Å². The monoisotopic (exact) mass is 453 g/mol. The molecule has 9 heteroatoms. The molecule has 168 valence electrons. The van der Waals surface area contributed by atoms with E-state index in [4.69, 9.17) is 0 Å². The largest absolute Gasteiger partial charge is 0.352 e. The lowest BCUT2D eigenvalue weighted by Crippen LogP contribution is -2.43. The van der Waals surface area contributed by atoms with Crippen molar-refractivity contribution in [2.24, 2.45) is 5.92 Å². The van der Waals surface area contributed by atoms with E-state index in [9.17, 15) is 14.4 Å². The highest BCUT2D eigenvalue weighted by Crippen LogP contribution is 2.26. The number of aryl methyl sites for hydroxylation is 3. The number of nitrogens with one attached hydrogen (secondary N) is 2. The summed E-state index contributed by atoms with van der Waals surface area (Å²) in [6.45, 7) is 5.50. The van der Waals surface area contributed by atoms with E-state index in [0.29, 0.717) is 50.1 Å². The standard InChI is InChI=1S/C23H27N5O3S/c1-14-15(2)32-23-20(14)22(31)26-18(27-23)5-6-19(29)28-10-7-17(8-11-28)21(30)25-13-16-4-3-9-24-12-16/h3-4,9,12,17H,5-8,10-11,13H2,1-2H3,(H,25,30)(H,26,27,31). The van der Waals surface area contributed by atoms with E-state index in [-0.39, 0.29) is 29.7 Å². The first-order chi connectivity index (χ1) is 15.4.